The van der Waals surface area contributed by atoms with Gasteiger partial charge in [-0.15, -0.1) is 0 Å². The number of aliphatic carboxylic acids is 1. The van der Waals surface area contributed by atoms with Crippen LogP contribution < -0.4 is 14.8 Å². The summed E-state index contributed by atoms with van der Waals surface area (Å²) in [7, 11) is 0. The largest absolute Gasteiger partial charge is 0.490 e. The highest BCUT2D eigenvalue weighted by atomic mass is 79.9. The van der Waals surface area contributed by atoms with E-state index in [1.807, 2.05) is 6.92 Å². The summed E-state index contributed by atoms with van der Waals surface area (Å²) in [6.07, 6.45) is 0. The molecule has 2 N–H and O–H groups in total. The predicted octanol–water partition coefficient (Wildman–Crippen LogP) is 4.78. The van der Waals surface area contributed by atoms with E-state index in [2.05, 4.69) is 21.2 Å². The van der Waals surface area contributed by atoms with Crippen LogP contribution in [0.25, 0.3) is 0 Å². The highest BCUT2D eigenvalue weighted by Crippen LogP contribution is 2.35. The molecule has 0 aliphatic heterocycles. The second-order valence-electron chi connectivity index (χ2n) is 5.75. The van der Waals surface area contributed by atoms with Crippen molar-refractivity contribution in [2.45, 2.75) is 33.0 Å². The smallest absolute Gasteiger partial charge is 0.320 e. The number of carbonyl (C=O) groups is 1. The van der Waals surface area contributed by atoms with E-state index < -0.39 is 17.8 Å². The van der Waals surface area contributed by atoms with Crippen LogP contribution in [0, 0.1) is 5.82 Å². The monoisotopic (exact) mass is 459 g/mol. The Hall–Kier alpha value is -1.83. The third-order valence-electron chi connectivity index (χ3n) is 3.82. The summed E-state index contributed by atoms with van der Waals surface area (Å²) in [4.78, 5) is 10.9. The van der Waals surface area contributed by atoms with Crippen molar-refractivity contribution in [3.05, 3.63) is 56.8 Å². The number of halogens is 3. The van der Waals surface area contributed by atoms with Crippen LogP contribution >= 0.6 is 27.5 Å². The molecule has 2 aromatic rings. The molecule has 8 heteroatoms. The lowest BCUT2D eigenvalue weighted by atomic mass is 10.2. The number of hydrogen-bond acceptors (Lipinski definition) is 4. The first-order chi connectivity index (χ1) is 12.8. The molecule has 0 aliphatic carbocycles. The Balaban J connectivity index is 2.20. The van der Waals surface area contributed by atoms with Gasteiger partial charge in [-0.2, -0.15) is 0 Å². The number of carboxylic acid groups (broad SMARTS) is 1. The zero-order valence-corrected chi connectivity index (χ0v) is 17.2. The molecule has 1 atom stereocenters. The molecular formula is C19H20BrClFNO4. The van der Waals surface area contributed by atoms with Crippen LogP contribution in [0.4, 0.5) is 4.39 Å². The van der Waals surface area contributed by atoms with Crippen molar-refractivity contribution in [3.63, 3.8) is 0 Å². The normalized spacial score (nSPS) is 11.9. The average Bonchev–Trinajstić information content (AvgIpc) is 2.61. The molecule has 1 unspecified atom stereocenters. The summed E-state index contributed by atoms with van der Waals surface area (Å²) in [5.74, 6) is -0.466. The van der Waals surface area contributed by atoms with Crippen LogP contribution in [0.3, 0.4) is 0 Å². The summed E-state index contributed by atoms with van der Waals surface area (Å²) in [5, 5.41) is 12.2. The Bertz CT molecular complexity index is 798. The lowest BCUT2D eigenvalue weighted by Crippen LogP contribution is -2.33. The summed E-state index contributed by atoms with van der Waals surface area (Å²) in [5.41, 5.74) is 1.07. The Labute approximate surface area is 170 Å². The second kappa shape index (κ2) is 9.92. The molecule has 146 valence electrons. The van der Waals surface area contributed by atoms with Gasteiger partial charge in [0, 0.05) is 16.6 Å². The van der Waals surface area contributed by atoms with Crippen molar-refractivity contribution in [1.82, 2.24) is 5.32 Å². The quantitative estimate of drug-likeness (QED) is 0.563. The zero-order valence-electron chi connectivity index (χ0n) is 14.9. The minimum Gasteiger partial charge on any atom is -0.490 e. The molecule has 0 bridgehead atoms. The fraction of sp³-hybridized carbons (Fsp3) is 0.316. The van der Waals surface area contributed by atoms with Gasteiger partial charge in [0.2, 0.25) is 0 Å². The van der Waals surface area contributed by atoms with Crippen LogP contribution in [0.15, 0.2) is 34.8 Å². The van der Waals surface area contributed by atoms with Crippen molar-refractivity contribution in [2.75, 3.05) is 6.61 Å². The molecule has 0 saturated heterocycles. The van der Waals surface area contributed by atoms with Crippen molar-refractivity contribution >= 4 is 33.5 Å². The number of hydrogen-bond donors (Lipinski definition) is 2. The zero-order chi connectivity index (χ0) is 20.0. The Morgan fingerprint density at radius 2 is 2.04 bits per heavy atom. The van der Waals surface area contributed by atoms with Crippen molar-refractivity contribution in [2.24, 2.45) is 0 Å². The maximum atomic E-state index is 13.9. The molecule has 0 saturated carbocycles. The van der Waals surface area contributed by atoms with Gasteiger partial charge in [-0.05, 0) is 43.7 Å². The fourth-order valence-corrected chi connectivity index (χ4v) is 2.94. The van der Waals surface area contributed by atoms with E-state index in [-0.39, 0.29) is 17.2 Å². The molecule has 0 heterocycles. The Kier molecular flexibility index (Phi) is 7.89. The Morgan fingerprint density at radius 1 is 1.33 bits per heavy atom. The van der Waals surface area contributed by atoms with Crippen LogP contribution in [0.1, 0.15) is 25.0 Å². The Morgan fingerprint density at radius 3 is 2.67 bits per heavy atom. The summed E-state index contributed by atoms with van der Waals surface area (Å²) < 4.78 is 26.0. The molecule has 2 rings (SSSR count). The third-order valence-corrected chi connectivity index (χ3v) is 4.91. The highest BCUT2D eigenvalue weighted by molar-refractivity contribution is 9.10. The number of ether oxygens (including phenoxy) is 2. The van der Waals surface area contributed by atoms with E-state index in [1.165, 1.54) is 12.1 Å². The van der Waals surface area contributed by atoms with E-state index in [4.69, 9.17) is 26.2 Å². The van der Waals surface area contributed by atoms with Gasteiger partial charge in [0.1, 0.15) is 18.5 Å². The number of carboxylic acids is 1. The van der Waals surface area contributed by atoms with Crippen molar-refractivity contribution in [3.8, 4) is 11.5 Å². The van der Waals surface area contributed by atoms with Gasteiger partial charge < -0.3 is 19.9 Å². The van der Waals surface area contributed by atoms with Gasteiger partial charge in [-0.25, -0.2) is 4.39 Å². The van der Waals surface area contributed by atoms with Crippen molar-refractivity contribution in [1.29, 1.82) is 0 Å². The van der Waals surface area contributed by atoms with E-state index in [0.29, 0.717) is 29.1 Å². The average molecular weight is 461 g/mol. The van der Waals surface area contributed by atoms with Crippen LogP contribution in [-0.4, -0.2) is 23.7 Å². The van der Waals surface area contributed by atoms with Crippen LogP contribution in [-0.2, 0) is 17.9 Å². The van der Waals surface area contributed by atoms with Gasteiger partial charge >= 0.3 is 5.97 Å². The van der Waals surface area contributed by atoms with Gasteiger partial charge in [0.25, 0.3) is 0 Å². The highest BCUT2D eigenvalue weighted by Gasteiger charge is 2.15. The predicted molar refractivity (Wildman–Crippen MR) is 105 cm³/mol. The minimum absolute atomic E-state index is 0.0499. The molecule has 5 nitrogen and oxygen atoms in total. The summed E-state index contributed by atoms with van der Waals surface area (Å²) in [6, 6.07) is 7.23. The SMILES string of the molecule is CCOc1cc(CNC(C)C(=O)O)c(Br)cc1OCc1c(F)cccc1Cl. The summed E-state index contributed by atoms with van der Waals surface area (Å²) in [6.45, 7) is 4.09. The van der Waals surface area contributed by atoms with Crippen LogP contribution in [0.5, 0.6) is 11.5 Å². The maximum Gasteiger partial charge on any atom is 0.320 e. The number of nitrogens with one attached hydrogen (secondary N) is 1. The molecule has 2 aromatic carbocycles. The van der Waals surface area contributed by atoms with Gasteiger partial charge in [-0.1, -0.05) is 33.6 Å². The van der Waals surface area contributed by atoms with E-state index >= 15 is 0 Å². The summed E-state index contributed by atoms with van der Waals surface area (Å²) >= 11 is 9.48. The molecular weight excluding hydrogens is 441 g/mol. The first kappa shape index (κ1) is 21.5. The second-order valence-corrected chi connectivity index (χ2v) is 7.01. The minimum atomic E-state index is -0.933. The molecule has 0 aromatic heterocycles. The topological polar surface area (TPSA) is 67.8 Å². The molecule has 0 radical (unpaired) electrons. The molecule has 0 amide bonds. The van der Waals surface area contributed by atoms with Gasteiger partial charge in [0.05, 0.1) is 11.6 Å². The standard InChI is InChI=1S/C19H20BrClFNO4/c1-3-26-17-7-12(9-23-11(2)19(24)25)14(20)8-18(17)27-10-13-15(21)5-4-6-16(13)22/h4-8,11,23H,3,9-10H2,1-2H3,(H,24,25). The lowest BCUT2D eigenvalue weighted by molar-refractivity contribution is -0.139. The van der Waals surface area contributed by atoms with Crippen molar-refractivity contribution < 1.29 is 23.8 Å². The fourth-order valence-electron chi connectivity index (χ4n) is 2.26. The number of benzene rings is 2. The molecule has 0 fully saturated rings. The number of rotatable bonds is 9. The van der Waals surface area contributed by atoms with E-state index in [0.717, 1.165) is 5.56 Å². The lowest BCUT2D eigenvalue weighted by Gasteiger charge is -2.17. The van der Waals surface area contributed by atoms with Crippen LogP contribution in [0.2, 0.25) is 5.02 Å². The molecule has 0 spiro atoms. The first-order valence-corrected chi connectivity index (χ1v) is 9.47. The maximum absolute atomic E-state index is 13.9. The third kappa shape index (κ3) is 5.82. The molecule has 0 aliphatic rings. The first-order valence-electron chi connectivity index (χ1n) is 8.30. The van der Waals surface area contributed by atoms with E-state index in [9.17, 15) is 9.18 Å². The molecule has 27 heavy (non-hydrogen) atoms. The van der Waals surface area contributed by atoms with Gasteiger partial charge in [0.15, 0.2) is 11.5 Å². The van der Waals surface area contributed by atoms with E-state index in [1.54, 1.807) is 25.1 Å². The van der Waals surface area contributed by atoms with Gasteiger partial charge in [-0.3, -0.25) is 4.79 Å².